The number of aromatic nitrogens is 4. The van der Waals surface area contributed by atoms with Crippen LogP contribution in [0.4, 0.5) is 24.8 Å². The van der Waals surface area contributed by atoms with Gasteiger partial charge in [0, 0.05) is 23.9 Å². The Hall–Kier alpha value is -4.89. The van der Waals surface area contributed by atoms with E-state index in [1.54, 1.807) is 37.4 Å². The minimum absolute atomic E-state index is 0.00993. The maximum Gasteiger partial charge on any atom is 0.416 e. The number of methoxy groups -OCH3 is 1. The summed E-state index contributed by atoms with van der Waals surface area (Å²) >= 11 is 6.11. The number of fused-ring (bicyclic) bond motifs is 1. The zero-order valence-electron chi connectivity index (χ0n) is 23.0. The number of benzene rings is 2. The number of allylic oxidation sites excluding steroid dienone is 1. The average Bonchev–Trinajstić information content (AvgIpc) is 3.36. The number of nitrogens with zero attached hydrogens (tertiary/aromatic N) is 5. The van der Waals surface area contributed by atoms with Gasteiger partial charge in [-0.25, -0.2) is 23.8 Å². The zero-order valence-corrected chi connectivity index (χ0v) is 23.8. The molecule has 220 valence electrons. The molecule has 0 amide bonds. The number of aromatic amines is 1. The third-order valence-corrected chi connectivity index (χ3v) is 7.45. The maximum absolute atomic E-state index is 13.6. The lowest BCUT2D eigenvalue weighted by Gasteiger charge is -2.36. The SMILES string of the molecule is COC(=O)C1=C(C)N(c2cccc(C(F)(F)F)c2)c2n[nH]c(=O)n2C1c1ccc(C#N)cc1CCC[n+]1cccc(Cl)c1. The van der Waals surface area contributed by atoms with Gasteiger partial charge in [-0.3, -0.25) is 4.90 Å². The van der Waals surface area contributed by atoms with Crippen LogP contribution in [0.1, 0.15) is 41.6 Å². The van der Waals surface area contributed by atoms with Crippen LogP contribution in [-0.2, 0) is 28.7 Å². The van der Waals surface area contributed by atoms with Crippen LogP contribution in [0, 0.1) is 11.3 Å². The van der Waals surface area contributed by atoms with Gasteiger partial charge in [0.15, 0.2) is 12.4 Å². The molecule has 2 aromatic carbocycles. The van der Waals surface area contributed by atoms with Crippen molar-refractivity contribution in [2.45, 2.75) is 38.5 Å². The molecule has 1 aliphatic rings. The summed E-state index contributed by atoms with van der Waals surface area (Å²) in [6, 6.07) is 14.1. The molecule has 0 aliphatic carbocycles. The monoisotopic (exact) mass is 609 g/mol. The van der Waals surface area contributed by atoms with Crippen LogP contribution < -0.4 is 15.2 Å². The molecule has 1 N–H and O–H groups in total. The van der Waals surface area contributed by atoms with Crippen LogP contribution in [0.15, 0.2) is 83.1 Å². The van der Waals surface area contributed by atoms with E-state index in [9.17, 15) is 28.0 Å². The smallest absolute Gasteiger partial charge is 0.416 e. The quantitative estimate of drug-likeness (QED) is 0.227. The van der Waals surface area contributed by atoms with Crippen molar-refractivity contribution >= 4 is 29.2 Å². The molecule has 13 heteroatoms. The number of halogens is 4. The second-order valence-electron chi connectivity index (χ2n) is 9.86. The molecule has 0 saturated carbocycles. The van der Waals surface area contributed by atoms with Crippen molar-refractivity contribution in [2.75, 3.05) is 12.0 Å². The van der Waals surface area contributed by atoms with Crippen LogP contribution in [0.25, 0.3) is 0 Å². The number of anilines is 2. The molecule has 0 saturated heterocycles. The number of ether oxygens (including phenoxy) is 1. The Balaban J connectivity index is 1.65. The summed E-state index contributed by atoms with van der Waals surface area (Å²) in [6.45, 7) is 2.15. The van der Waals surface area contributed by atoms with Crippen molar-refractivity contribution in [3.8, 4) is 6.07 Å². The highest BCUT2D eigenvalue weighted by molar-refractivity contribution is 6.30. The Morgan fingerprint density at radius 3 is 2.70 bits per heavy atom. The Kier molecular flexibility index (Phi) is 8.10. The van der Waals surface area contributed by atoms with E-state index < -0.39 is 29.4 Å². The number of carbonyl (C=O) groups excluding carboxylic acids is 1. The number of esters is 1. The van der Waals surface area contributed by atoms with Gasteiger partial charge in [-0.15, -0.1) is 5.10 Å². The number of nitriles is 1. The largest absolute Gasteiger partial charge is 0.466 e. The van der Waals surface area contributed by atoms with E-state index in [-0.39, 0.29) is 22.9 Å². The second-order valence-corrected chi connectivity index (χ2v) is 10.3. The van der Waals surface area contributed by atoms with E-state index in [4.69, 9.17) is 16.3 Å². The number of alkyl halides is 3. The molecule has 9 nitrogen and oxygen atoms in total. The fraction of sp³-hybridized carbons (Fsp3) is 0.233. The number of rotatable bonds is 7. The number of carbonyl (C=O) groups is 1. The van der Waals surface area contributed by atoms with Crippen LogP contribution in [0.3, 0.4) is 0 Å². The lowest BCUT2D eigenvalue weighted by Crippen LogP contribution is -2.38. The summed E-state index contributed by atoms with van der Waals surface area (Å²) in [5, 5.41) is 16.7. The minimum Gasteiger partial charge on any atom is -0.466 e. The molecule has 1 unspecified atom stereocenters. The summed E-state index contributed by atoms with van der Waals surface area (Å²) in [5.41, 5.74) is 0.350. The van der Waals surface area contributed by atoms with Crippen molar-refractivity contribution in [3.05, 3.63) is 116 Å². The first-order valence-corrected chi connectivity index (χ1v) is 13.5. The summed E-state index contributed by atoms with van der Waals surface area (Å²) in [5.74, 6) is -0.785. The molecule has 0 fully saturated rings. The van der Waals surface area contributed by atoms with Gasteiger partial charge < -0.3 is 4.74 Å². The van der Waals surface area contributed by atoms with Crippen molar-refractivity contribution in [1.82, 2.24) is 14.8 Å². The Morgan fingerprint density at radius 2 is 2.00 bits per heavy atom. The third kappa shape index (κ3) is 5.76. The van der Waals surface area contributed by atoms with Gasteiger partial charge in [-0.05, 0) is 60.9 Å². The van der Waals surface area contributed by atoms with Gasteiger partial charge >= 0.3 is 17.8 Å². The fourth-order valence-electron chi connectivity index (χ4n) is 5.32. The number of H-pyrrole nitrogens is 1. The van der Waals surface area contributed by atoms with E-state index in [1.807, 2.05) is 16.8 Å². The van der Waals surface area contributed by atoms with E-state index in [0.717, 1.165) is 12.1 Å². The molecule has 0 spiro atoms. The van der Waals surface area contributed by atoms with Crippen molar-refractivity contribution < 1.29 is 27.3 Å². The molecule has 0 bridgehead atoms. The van der Waals surface area contributed by atoms with Crippen LogP contribution >= 0.6 is 11.6 Å². The Bertz CT molecular complexity index is 1840. The highest BCUT2D eigenvalue weighted by Gasteiger charge is 2.41. The lowest BCUT2D eigenvalue weighted by atomic mass is 9.88. The standard InChI is InChI=1S/C30H24ClF3N6O3/c1-18-25(27(41)43-2)26(24-11-10-19(16-35)14-20(24)6-4-12-38-13-5-8-22(31)17-38)40-28(36-37-29(40)42)39(18)23-9-3-7-21(15-23)30(32,33)34/h3,5,7-11,13-15,17,26H,4,6,12H2,1-2H3/p+1. The van der Waals surface area contributed by atoms with Crippen molar-refractivity contribution in [3.63, 3.8) is 0 Å². The normalized spacial score (nSPS) is 14.8. The Morgan fingerprint density at radius 1 is 1.21 bits per heavy atom. The molecule has 3 heterocycles. The zero-order chi connectivity index (χ0) is 30.9. The highest BCUT2D eigenvalue weighted by atomic mass is 35.5. The second kappa shape index (κ2) is 11.8. The first kappa shape index (κ1) is 29.6. The predicted octanol–water partition coefficient (Wildman–Crippen LogP) is 5.22. The van der Waals surface area contributed by atoms with Gasteiger partial charge in [-0.1, -0.05) is 23.7 Å². The maximum atomic E-state index is 13.6. The molecular formula is C30H25ClF3N6O3+. The first-order chi connectivity index (χ1) is 20.5. The third-order valence-electron chi connectivity index (χ3n) is 7.23. The molecule has 1 atom stereocenters. The van der Waals surface area contributed by atoms with Gasteiger partial charge in [0.05, 0.1) is 29.9 Å². The fourth-order valence-corrected chi connectivity index (χ4v) is 5.52. The number of nitrogens with one attached hydrogen (secondary N) is 1. The Labute approximate surface area is 249 Å². The van der Waals surface area contributed by atoms with Gasteiger partial charge in [0.1, 0.15) is 17.6 Å². The number of pyridine rings is 1. The van der Waals surface area contributed by atoms with Crippen molar-refractivity contribution in [2.24, 2.45) is 0 Å². The predicted molar refractivity (Wildman–Crippen MR) is 150 cm³/mol. The van der Waals surface area contributed by atoms with Crippen LogP contribution in [-0.4, -0.2) is 27.8 Å². The summed E-state index contributed by atoms with van der Waals surface area (Å²) < 4.78 is 49.1. The molecule has 5 rings (SSSR count). The molecule has 2 aromatic heterocycles. The van der Waals surface area contributed by atoms with Gasteiger partial charge in [-0.2, -0.15) is 18.4 Å². The first-order valence-electron chi connectivity index (χ1n) is 13.1. The van der Waals surface area contributed by atoms with E-state index in [0.29, 0.717) is 41.1 Å². The average molecular weight is 610 g/mol. The minimum atomic E-state index is -4.62. The topological polar surface area (TPSA) is 108 Å². The molecule has 43 heavy (non-hydrogen) atoms. The van der Waals surface area contributed by atoms with Gasteiger partial charge in [0.2, 0.25) is 5.95 Å². The molecule has 4 aromatic rings. The molecule has 1 aliphatic heterocycles. The number of hydrogen-bond donors (Lipinski definition) is 1. The van der Waals surface area contributed by atoms with Crippen molar-refractivity contribution in [1.29, 1.82) is 5.26 Å². The number of hydrogen-bond acceptors (Lipinski definition) is 6. The number of aryl methyl sites for hydroxylation is 2. The lowest BCUT2D eigenvalue weighted by molar-refractivity contribution is -0.697. The molecular weight excluding hydrogens is 585 g/mol. The summed E-state index contributed by atoms with van der Waals surface area (Å²) in [4.78, 5) is 28.0. The van der Waals surface area contributed by atoms with E-state index >= 15 is 0 Å². The van der Waals surface area contributed by atoms with E-state index in [2.05, 4.69) is 16.3 Å². The summed E-state index contributed by atoms with van der Waals surface area (Å²) in [7, 11) is 1.18. The van der Waals surface area contributed by atoms with Crippen LogP contribution in [0.2, 0.25) is 5.02 Å². The van der Waals surface area contributed by atoms with E-state index in [1.165, 1.54) is 28.7 Å². The molecule has 0 radical (unpaired) electrons. The van der Waals surface area contributed by atoms with Gasteiger partial charge in [0.25, 0.3) is 0 Å². The highest BCUT2D eigenvalue weighted by Crippen LogP contribution is 2.43. The summed E-state index contributed by atoms with van der Waals surface area (Å²) in [6.07, 6.45) is 0.132. The van der Waals surface area contributed by atoms with Crippen LogP contribution in [0.5, 0.6) is 0 Å².